The van der Waals surface area contributed by atoms with E-state index in [1.165, 1.54) is 0 Å². The first kappa shape index (κ1) is 15.9. The van der Waals surface area contributed by atoms with Crippen molar-refractivity contribution in [3.05, 3.63) is 83.4 Å². The average molecular weight is 320 g/mol. The number of rotatable bonds is 5. The first-order valence-corrected chi connectivity index (χ1v) is 7.86. The Labute approximate surface area is 141 Å². The third-order valence-corrected chi connectivity index (χ3v) is 3.86. The molecule has 0 unspecified atom stereocenters. The van der Waals surface area contributed by atoms with Crippen LogP contribution < -0.4 is 0 Å². The maximum absolute atomic E-state index is 12.9. The minimum Gasteiger partial charge on any atom is -0.328 e. The van der Waals surface area contributed by atoms with Crippen LogP contribution in [-0.2, 0) is 20.1 Å². The molecule has 122 valence electrons. The number of aromatic nitrogens is 3. The summed E-state index contributed by atoms with van der Waals surface area (Å²) in [5.41, 5.74) is 3.63. The molecule has 1 amide bonds. The van der Waals surface area contributed by atoms with Crippen LogP contribution in [0.3, 0.4) is 0 Å². The fourth-order valence-electron chi connectivity index (χ4n) is 2.68. The van der Waals surface area contributed by atoms with Gasteiger partial charge in [0.1, 0.15) is 0 Å². The lowest BCUT2D eigenvalue weighted by Crippen LogP contribution is -2.31. The number of nitrogens with zero attached hydrogens (tertiary/aromatic N) is 4. The van der Waals surface area contributed by atoms with Crippen LogP contribution in [0.1, 0.15) is 27.3 Å². The predicted octanol–water partition coefficient (Wildman–Crippen LogP) is 2.97. The first-order valence-electron chi connectivity index (χ1n) is 7.86. The Balaban J connectivity index is 1.88. The number of aryl methyl sites for hydroxylation is 2. The smallest absolute Gasteiger partial charge is 0.254 e. The molecule has 0 atom stereocenters. The minimum absolute atomic E-state index is 0.00157. The summed E-state index contributed by atoms with van der Waals surface area (Å²) in [4.78, 5) is 18.9. The average Bonchev–Trinajstić information content (AvgIpc) is 2.92. The summed E-state index contributed by atoms with van der Waals surface area (Å²) in [5, 5.41) is 4.37. The molecule has 3 aromatic rings. The lowest BCUT2D eigenvalue weighted by atomic mass is 10.1. The highest BCUT2D eigenvalue weighted by molar-refractivity contribution is 5.94. The molecule has 0 fully saturated rings. The Morgan fingerprint density at radius 2 is 1.92 bits per heavy atom. The highest BCUT2D eigenvalue weighted by atomic mass is 16.2. The maximum Gasteiger partial charge on any atom is 0.254 e. The predicted molar refractivity (Wildman–Crippen MR) is 92.2 cm³/mol. The second kappa shape index (κ2) is 7.08. The molecule has 1 aromatic carbocycles. The second-order valence-electron chi connectivity index (χ2n) is 5.79. The molecule has 3 rings (SSSR count). The van der Waals surface area contributed by atoms with E-state index in [2.05, 4.69) is 10.1 Å². The summed E-state index contributed by atoms with van der Waals surface area (Å²) >= 11 is 0. The van der Waals surface area contributed by atoms with Gasteiger partial charge >= 0.3 is 0 Å². The van der Waals surface area contributed by atoms with Gasteiger partial charge < -0.3 is 4.90 Å². The van der Waals surface area contributed by atoms with Gasteiger partial charge in [-0.1, -0.05) is 24.3 Å². The number of pyridine rings is 1. The number of benzene rings is 1. The lowest BCUT2D eigenvalue weighted by Gasteiger charge is -2.23. The van der Waals surface area contributed by atoms with E-state index in [4.69, 9.17) is 0 Å². The van der Waals surface area contributed by atoms with Gasteiger partial charge in [0, 0.05) is 31.5 Å². The van der Waals surface area contributed by atoms with Crippen molar-refractivity contribution in [3.63, 3.8) is 0 Å². The number of amides is 1. The summed E-state index contributed by atoms with van der Waals surface area (Å²) < 4.78 is 1.82. The molecule has 2 aromatic heterocycles. The molecule has 2 heterocycles. The molecule has 0 aliphatic heterocycles. The van der Waals surface area contributed by atoms with Gasteiger partial charge in [0.05, 0.1) is 17.9 Å². The van der Waals surface area contributed by atoms with Gasteiger partial charge in [0.15, 0.2) is 0 Å². The first-order chi connectivity index (χ1) is 11.6. The largest absolute Gasteiger partial charge is 0.328 e. The molecule has 0 aliphatic rings. The summed E-state index contributed by atoms with van der Waals surface area (Å²) in [6.45, 7) is 2.96. The highest BCUT2D eigenvalue weighted by Gasteiger charge is 2.18. The monoisotopic (exact) mass is 320 g/mol. The topological polar surface area (TPSA) is 51.0 Å². The van der Waals surface area contributed by atoms with Gasteiger partial charge in [-0.3, -0.25) is 14.5 Å². The van der Waals surface area contributed by atoms with Crippen LogP contribution in [0.2, 0.25) is 0 Å². The summed E-state index contributed by atoms with van der Waals surface area (Å²) in [5.74, 6) is -0.00157. The third-order valence-electron chi connectivity index (χ3n) is 3.86. The molecule has 5 heteroatoms. The van der Waals surface area contributed by atoms with Gasteiger partial charge in [0.2, 0.25) is 0 Å². The van der Waals surface area contributed by atoms with Gasteiger partial charge in [-0.2, -0.15) is 5.10 Å². The summed E-state index contributed by atoms with van der Waals surface area (Å²) in [6, 6.07) is 15.2. The van der Waals surface area contributed by atoms with E-state index in [0.29, 0.717) is 18.7 Å². The van der Waals surface area contributed by atoms with Gasteiger partial charge in [-0.05, 0) is 36.8 Å². The molecule has 0 N–H and O–H groups in total. The van der Waals surface area contributed by atoms with E-state index in [9.17, 15) is 4.79 Å². The molecule has 0 radical (unpaired) electrons. The van der Waals surface area contributed by atoms with E-state index >= 15 is 0 Å². The SMILES string of the molecule is Cc1cc(CN(Cc2cccnc2)C(=O)c2ccccc2)n(C)n1. The Bertz CT molecular complexity index is 812. The van der Waals surface area contributed by atoms with Crippen molar-refractivity contribution in [2.24, 2.45) is 7.05 Å². The van der Waals surface area contributed by atoms with Crippen molar-refractivity contribution in [1.82, 2.24) is 19.7 Å². The molecule has 24 heavy (non-hydrogen) atoms. The Kier molecular flexibility index (Phi) is 4.70. The van der Waals surface area contributed by atoms with Crippen LogP contribution in [0.4, 0.5) is 0 Å². The van der Waals surface area contributed by atoms with E-state index in [1.54, 1.807) is 12.4 Å². The van der Waals surface area contributed by atoms with Crippen LogP contribution in [-0.4, -0.2) is 25.6 Å². The van der Waals surface area contributed by atoms with E-state index < -0.39 is 0 Å². The zero-order valence-corrected chi connectivity index (χ0v) is 13.9. The molecule has 0 spiro atoms. The summed E-state index contributed by atoms with van der Waals surface area (Å²) in [6.07, 6.45) is 3.52. The number of hydrogen-bond acceptors (Lipinski definition) is 3. The zero-order chi connectivity index (χ0) is 16.9. The van der Waals surface area contributed by atoms with Gasteiger partial charge in [0.25, 0.3) is 5.91 Å². The van der Waals surface area contributed by atoms with E-state index in [0.717, 1.165) is 17.0 Å². The van der Waals surface area contributed by atoms with Crippen molar-refractivity contribution in [3.8, 4) is 0 Å². The quantitative estimate of drug-likeness (QED) is 0.726. The molecule has 0 saturated carbocycles. The summed E-state index contributed by atoms with van der Waals surface area (Å²) in [7, 11) is 1.90. The minimum atomic E-state index is -0.00157. The van der Waals surface area contributed by atoms with Crippen molar-refractivity contribution in [2.75, 3.05) is 0 Å². The van der Waals surface area contributed by atoms with Crippen molar-refractivity contribution in [1.29, 1.82) is 0 Å². The van der Waals surface area contributed by atoms with Gasteiger partial charge in [-0.25, -0.2) is 0 Å². The molecule has 0 bridgehead atoms. The highest BCUT2D eigenvalue weighted by Crippen LogP contribution is 2.14. The normalized spacial score (nSPS) is 10.6. The molecule has 0 saturated heterocycles. The Hall–Kier alpha value is -2.95. The number of carbonyl (C=O) groups excluding carboxylic acids is 1. The Morgan fingerprint density at radius 1 is 1.12 bits per heavy atom. The van der Waals surface area contributed by atoms with E-state index in [1.807, 2.05) is 72.1 Å². The molecular weight excluding hydrogens is 300 g/mol. The Morgan fingerprint density at radius 3 is 2.54 bits per heavy atom. The lowest BCUT2D eigenvalue weighted by molar-refractivity contribution is 0.0726. The second-order valence-corrected chi connectivity index (χ2v) is 5.79. The van der Waals surface area contributed by atoms with Crippen LogP contribution in [0.5, 0.6) is 0 Å². The van der Waals surface area contributed by atoms with E-state index in [-0.39, 0.29) is 5.91 Å². The van der Waals surface area contributed by atoms with Crippen LogP contribution in [0.15, 0.2) is 60.9 Å². The zero-order valence-electron chi connectivity index (χ0n) is 13.9. The molecular formula is C19H20N4O. The van der Waals surface area contributed by atoms with Crippen LogP contribution >= 0.6 is 0 Å². The number of carbonyl (C=O) groups is 1. The fourth-order valence-corrected chi connectivity index (χ4v) is 2.68. The maximum atomic E-state index is 12.9. The molecule has 5 nitrogen and oxygen atoms in total. The van der Waals surface area contributed by atoms with Crippen molar-refractivity contribution >= 4 is 5.91 Å². The van der Waals surface area contributed by atoms with Crippen LogP contribution in [0, 0.1) is 6.92 Å². The van der Waals surface area contributed by atoms with Crippen molar-refractivity contribution in [2.45, 2.75) is 20.0 Å². The van der Waals surface area contributed by atoms with Crippen LogP contribution in [0.25, 0.3) is 0 Å². The van der Waals surface area contributed by atoms with Crippen molar-refractivity contribution < 1.29 is 4.79 Å². The fraction of sp³-hybridized carbons (Fsp3) is 0.211. The van der Waals surface area contributed by atoms with Gasteiger partial charge in [-0.15, -0.1) is 0 Å². The number of hydrogen-bond donors (Lipinski definition) is 0. The molecule has 0 aliphatic carbocycles. The standard InChI is InChI=1S/C19H20N4O/c1-15-11-18(22(2)21-15)14-23(13-16-7-6-10-20-12-16)19(24)17-8-4-3-5-9-17/h3-12H,13-14H2,1-2H3. The third kappa shape index (κ3) is 3.68.